The van der Waals surface area contributed by atoms with E-state index in [9.17, 15) is 0 Å². The molecule has 0 aliphatic carbocycles. The molecule has 0 saturated heterocycles. The number of hydrogen-bond acceptors (Lipinski definition) is 2. The summed E-state index contributed by atoms with van der Waals surface area (Å²) in [6.45, 7) is 0. The van der Waals surface area contributed by atoms with Crippen molar-refractivity contribution < 1.29 is 0 Å². The smallest absolute Gasteiger partial charge is 0.0468 e. The summed E-state index contributed by atoms with van der Waals surface area (Å²) in [5, 5.41) is 19.3. The zero-order valence-corrected chi connectivity index (χ0v) is 54.8. The third-order valence-electron chi connectivity index (χ3n) is 20.6. The predicted octanol–water partition coefficient (Wildman–Crippen LogP) is 27.9. The van der Waals surface area contributed by atoms with Gasteiger partial charge in [0.1, 0.15) is 0 Å². The minimum absolute atomic E-state index is 1.07. The molecule has 0 unspecified atom stereocenters. The van der Waals surface area contributed by atoms with Crippen LogP contribution in [0.2, 0.25) is 0 Å². The lowest BCUT2D eigenvalue weighted by molar-refractivity contribution is 1.29. The summed E-state index contributed by atoms with van der Waals surface area (Å²) >= 11 is 0. The first-order valence-corrected chi connectivity index (χ1v) is 34.5. The Balaban J connectivity index is 0.888. The van der Waals surface area contributed by atoms with E-state index in [1.807, 2.05) is 0 Å². The van der Waals surface area contributed by atoms with Crippen molar-refractivity contribution in [3.8, 4) is 66.8 Å². The Kier molecular flexibility index (Phi) is 14.3. The molecule has 0 aliphatic heterocycles. The molecule has 2 nitrogen and oxygen atoms in total. The minimum Gasteiger partial charge on any atom is -0.310 e. The fraction of sp³-hybridized carbons (Fsp3) is 0. The molecule has 19 aromatic rings. The molecule has 0 bridgehead atoms. The van der Waals surface area contributed by atoms with E-state index in [1.165, 1.54) is 142 Å². The zero-order chi connectivity index (χ0) is 66.0. The highest BCUT2D eigenvalue weighted by molar-refractivity contribution is 6.36. The molecular weight excluding hydrogens is 1210 g/mol. The average Bonchev–Trinajstić information content (AvgIpc) is 0.698. The number of hydrogen-bond donors (Lipinski definition) is 0. The number of nitrogens with zero attached hydrogens (tertiary/aromatic N) is 2. The van der Waals surface area contributed by atoms with E-state index in [-0.39, 0.29) is 0 Å². The van der Waals surface area contributed by atoms with Crippen molar-refractivity contribution in [2.75, 3.05) is 9.80 Å². The van der Waals surface area contributed by atoms with Gasteiger partial charge in [-0.2, -0.15) is 0 Å². The summed E-state index contributed by atoms with van der Waals surface area (Å²) in [5.41, 5.74) is 20.7. The molecule has 0 radical (unpaired) electrons. The van der Waals surface area contributed by atoms with Gasteiger partial charge < -0.3 is 9.80 Å². The Morgan fingerprint density at radius 3 is 0.700 bits per heavy atom. The Hall–Kier alpha value is -13.1. The van der Waals surface area contributed by atoms with Crippen LogP contribution in [-0.4, -0.2) is 0 Å². The molecule has 19 rings (SSSR count). The Bertz CT molecular complexity index is 5770. The van der Waals surface area contributed by atoms with Gasteiger partial charge in [0, 0.05) is 34.1 Å². The van der Waals surface area contributed by atoms with Crippen molar-refractivity contribution in [3.05, 3.63) is 388 Å². The molecular formula is C98H64N2. The van der Waals surface area contributed by atoms with Crippen LogP contribution in [0, 0.1) is 0 Å². The molecule has 0 heterocycles. The van der Waals surface area contributed by atoms with E-state index in [2.05, 4.69) is 398 Å². The molecule has 19 aromatic carbocycles. The molecule has 0 amide bonds. The van der Waals surface area contributed by atoms with Gasteiger partial charge in [-0.1, -0.05) is 303 Å². The van der Waals surface area contributed by atoms with Crippen molar-refractivity contribution in [3.63, 3.8) is 0 Å². The fourth-order valence-electron chi connectivity index (χ4n) is 15.8. The third kappa shape index (κ3) is 10.1. The second kappa shape index (κ2) is 24.5. The SMILES string of the molecule is c1ccc(-c2ccc(N(c3ccc(-c4ccccc4)cc3)c3ccc4c(ccc5c(-c6cc7ccccc7c7ccccc67)c6c(ccc7cc(N(c8ccc(-c9ccccc9)cc8)c8ccc(-c9ccccc9)cc8)ccc76)c(-c6cc7ccccc7c7ccccc67)c54)c3)cc2)cc1. The van der Waals surface area contributed by atoms with Gasteiger partial charge in [0.25, 0.3) is 0 Å². The largest absolute Gasteiger partial charge is 0.310 e. The van der Waals surface area contributed by atoms with Crippen LogP contribution in [0.5, 0.6) is 0 Å². The molecule has 0 atom stereocenters. The minimum atomic E-state index is 1.07. The number of anilines is 6. The van der Waals surface area contributed by atoms with Crippen LogP contribution in [0.1, 0.15) is 0 Å². The topological polar surface area (TPSA) is 6.48 Å². The molecule has 0 aliphatic rings. The van der Waals surface area contributed by atoms with Crippen molar-refractivity contribution in [1.29, 1.82) is 0 Å². The van der Waals surface area contributed by atoms with Gasteiger partial charge in [0.2, 0.25) is 0 Å². The van der Waals surface area contributed by atoms with Gasteiger partial charge in [-0.15, -0.1) is 0 Å². The average molecular weight is 1270 g/mol. The summed E-state index contributed by atoms with van der Waals surface area (Å²) in [7, 11) is 0. The van der Waals surface area contributed by atoms with Crippen molar-refractivity contribution >= 4 is 120 Å². The van der Waals surface area contributed by atoms with Crippen LogP contribution >= 0.6 is 0 Å². The van der Waals surface area contributed by atoms with Gasteiger partial charge in [-0.05, 0) is 238 Å². The van der Waals surface area contributed by atoms with Gasteiger partial charge in [0.15, 0.2) is 0 Å². The molecule has 466 valence electrons. The van der Waals surface area contributed by atoms with E-state index in [1.54, 1.807) is 0 Å². The van der Waals surface area contributed by atoms with Gasteiger partial charge >= 0.3 is 0 Å². The first-order valence-electron chi connectivity index (χ1n) is 34.5. The standard InChI is InChI=1S/C98H64N2/c1-5-21-65(22-6-1)69-37-47-77(48-38-69)99(78-49-39-70(40-50-78)66-23-7-2-8-24-66)81-55-59-85-75(61-81)45-57-91-95(85)97(93-63-73-29-13-15-31-83(73)87-33-17-19-35-89(87)93)92-58-46-76-62-82(56-60-86(76)96(92)98(91)94-64-74-30-14-16-32-84(74)88-34-18-20-36-90(88)94)100(79-51-41-71(42-52-79)67-25-9-3-10-26-67)80-53-43-72(44-54-80)68-27-11-4-12-28-68/h1-64H. The zero-order valence-electron chi connectivity index (χ0n) is 54.8. The predicted molar refractivity (Wildman–Crippen MR) is 428 cm³/mol. The molecule has 2 heteroatoms. The molecule has 0 aromatic heterocycles. The van der Waals surface area contributed by atoms with Crippen LogP contribution in [0.4, 0.5) is 34.1 Å². The Morgan fingerprint density at radius 1 is 0.140 bits per heavy atom. The highest BCUT2D eigenvalue weighted by Gasteiger charge is 2.26. The maximum absolute atomic E-state index is 2.47. The van der Waals surface area contributed by atoms with E-state index in [0.717, 1.165) is 44.9 Å². The molecule has 0 spiro atoms. The van der Waals surface area contributed by atoms with Crippen LogP contribution in [-0.2, 0) is 0 Å². The number of rotatable bonds is 12. The van der Waals surface area contributed by atoms with Crippen LogP contribution in [0.15, 0.2) is 388 Å². The first kappa shape index (κ1) is 58.2. The van der Waals surface area contributed by atoms with Crippen LogP contribution in [0.3, 0.4) is 0 Å². The second-order valence-corrected chi connectivity index (χ2v) is 26.2. The van der Waals surface area contributed by atoms with Gasteiger partial charge in [-0.25, -0.2) is 0 Å². The summed E-state index contributed by atoms with van der Waals surface area (Å²) in [4.78, 5) is 4.83. The summed E-state index contributed by atoms with van der Waals surface area (Å²) in [6.07, 6.45) is 0. The van der Waals surface area contributed by atoms with Crippen molar-refractivity contribution in [1.82, 2.24) is 0 Å². The lowest BCUT2D eigenvalue weighted by atomic mass is 9.79. The maximum Gasteiger partial charge on any atom is 0.0468 e. The quantitative estimate of drug-likeness (QED) is 0.0889. The van der Waals surface area contributed by atoms with E-state index >= 15 is 0 Å². The third-order valence-corrected chi connectivity index (χ3v) is 20.6. The summed E-state index contributed by atoms with van der Waals surface area (Å²) in [5.74, 6) is 0. The first-order chi connectivity index (χ1) is 49.6. The molecule has 0 N–H and O–H groups in total. The van der Waals surface area contributed by atoms with Gasteiger partial charge in [-0.3, -0.25) is 0 Å². The molecule has 0 fully saturated rings. The number of benzene rings is 19. The highest BCUT2D eigenvalue weighted by Crippen LogP contribution is 2.53. The van der Waals surface area contributed by atoms with E-state index < -0.39 is 0 Å². The monoisotopic (exact) mass is 1270 g/mol. The number of fused-ring (bicyclic) bond motifs is 12. The fourth-order valence-corrected chi connectivity index (χ4v) is 15.8. The van der Waals surface area contributed by atoms with Gasteiger partial charge in [0.05, 0.1) is 0 Å². The molecule has 100 heavy (non-hydrogen) atoms. The van der Waals surface area contributed by atoms with Crippen molar-refractivity contribution in [2.24, 2.45) is 0 Å². The Labute approximate surface area is 581 Å². The normalized spacial score (nSPS) is 11.6. The van der Waals surface area contributed by atoms with E-state index in [4.69, 9.17) is 0 Å². The van der Waals surface area contributed by atoms with E-state index in [0.29, 0.717) is 0 Å². The Morgan fingerprint density at radius 2 is 0.380 bits per heavy atom. The highest BCUT2D eigenvalue weighted by atomic mass is 15.1. The summed E-state index contributed by atoms with van der Waals surface area (Å²) < 4.78 is 0. The van der Waals surface area contributed by atoms with Crippen LogP contribution in [0.25, 0.3) is 153 Å². The van der Waals surface area contributed by atoms with Crippen molar-refractivity contribution in [2.45, 2.75) is 0 Å². The second-order valence-electron chi connectivity index (χ2n) is 26.2. The lowest BCUT2D eigenvalue weighted by Crippen LogP contribution is -2.10. The maximum atomic E-state index is 2.47. The summed E-state index contributed by atoms with van der Waals surface area (Å²) in [6, 6.07) is 144. The lowest BCUT2D eigenvalue weighted by Gasteiger charge is -2.27. The molecule has 0 saturated carbocycles. The van der Waals surface area contributed by atoms with Crippen LogP contribution < -0.4 is 9.80 Å².